The number of carbonyl (C=O) groups excluding carboxylic acids is 1. The van der Waals surface area contributed by atoms with E-state index < -0.39 is 0 Å². The molecule has 0 bridgehead atoms. The van der Waals surface area contributed by atoms with Crippen LogP contribution in [0.15, 0.2) is 30.3 Å². The van der Waals surface area contributed by atoms with Gasteiger partial charge in [0.2, 0.25) is 0 Å². The molecule has 2 saturated carbocycles. The van der Waals surface area contributed by atoms with E-state index in [1.165, 1.54) is 31.2 Å². The zero-order chi connectivity index (χ0) is 15.6. The van der Waals surface area contributed by atoms with Crippen molar-refractivity contribution in [1.29, 1.82) is 0 Å². The summed E-state index contributed by atoms with van der Waals surface area (Å²) in [5.41, 5.74) is 1.20. The van der Waals surface area contributed by atoms with Gasteiger partial charge in [0.15, 0.2) is 6.10 Å². The summed E-state index contributed by atoms with van der Waals surface area (Å²) < 4.78 is 5.97. The highest BCUT2D eigenvalue weighted by molar-refractivity contribution is 5.82. The molecule has 2 atom stereocenters. The van der Waals surface area contributed by atoms with Crippen LogP contribution in [0.5, 0.6) is 0 Å². The second-order valence-electron chi connectivity index (χ2n) is 7.11. The monoisotopic (exact) mass is 314 g/mol. The van der Waals surface area contributed by atoms with E-state index in [2.05, 4.69) is 34.5 Å². The summed E-state index contributed by atoms with van der Waals surface area (Å²) in [4.78, 5) is 15.4. The van der Waals surface area contributed by atoms with Gasteiger partial charge in [0.25, 0.3) is 5.91 Å². The fraction of sp³-hybridized carbons (Fsp3) is 0.632. The number of hydrogen-bond donors (Lipinski definition) is 1. The minimum absolute atomic E-state index is 0.0545. The second kappa shape index (κ2) is 6.62. The molecule has 1 amide bonds. The lowest BCUT2D eigenvalue weighted by atomic mass is 9.96. The van der Waals surface area contributed by atoms with E-state index in [9.17, 15) is 4.79 Å². The maximum absolute atomic E-state index is 12.9. The third-order valence-corrected chi connectivity index (χ3v) is 5.41. The van der Waals surface area contributed by atoms with Crippen molar-refractivity contribution in [3.05, 3.63) is 35.9 Å². The predicted molar refractivity (Wildman–Crippen MR) is 89.0 cm³/mol. The number of benzene rings is 1. The first-order valence-electron chi connectivity index (χ1n) is 9.05. The highest BCUT2D eigenvalue weighted by Gasteiger charge is 2.44. The van der Waals surface area contributed by atoms with Gasteiger partial charge in [-0.2, -0.15) is 0 Å². The van der Waals surface area contributed by atoms with Gasteiger partial charge in [-0.25, -0.2) is 0 Å². The summed E-state index contributed by atoms with van der Waals surface area (Å²) in [6.45, 7) is 1.58. The van der Waals surface area contributed by atoms with E-state index in [4.69, 9.17) is 4.74 Å². The lowest BCUT2D eigenvalue weighted by Crippen LogP contribution is -2.53. The summed E-state index contributed by atoms with van der Waals surface area (Å²) in [6, 6.07) is 11.4. The maximum atomic E-state index is 12.9. The largest absolute Gasteiger partial charge is 0.365 e. The van der Waals surface area contributed by atoms with Gasteiger partial charge in [0, 0.05) is 18.6 Å². The van der Waals surface area contributed by atoms with Crippen molar-refractivity contribution >= 4 is 5.91 Å². The van der Waals surface area contributed by atoms with Crippen molar-refractivity contribution in [2.75, 3.05) is 13.2 Å². The molecular weight excluding hydrogens is 288 g/mol. The molecule has 0 spiro atoms. The Labute approximate surface area is 138 Å². The molecule has 124 valence electrons. The van der Waals surface area contributed by atoms with E-state index >= 15 is 0 Å². The summed E-state index contributed by atoms with van der Waals surface area (Å²) >= 11 is 0. The molecule has 23 heavy (non-hydrogen) atoms. The molecule has 1 aliphatic heterocycles. The molecule has 1 heterocycles. The highest BCUT2D eigenvalue weighted by Crippen LogP contribution is 2.39. The Hall–Kier alpha value is -1.39. The highest BCUT2D eigenvalue weighted by atomic mass is 16.5. The van der Waals surface area contributed by atoms with Crippen LogP contribution in [0.25, 0.3) is 0 Å². The first kappa shape index (κ1) is 15.2. The zero-order valence-corrected chi connectivity index (χ0v) is 13.6. The van der Waals surface area contributed by atoms with Crippen molar-refractivity contribution in [1.82, 2.24) is 10.2 Å². The Kier molecular flexibility index (Phi) is 4.36. The normalized spacial score (nSPS) is 29.6. The molecule has 1 aromatic carbocycles. The van der Waals surface area contributed by atoms with Gasteiger partial charge in [-0.05, 0) is 31.2 Å². The molecule has 1 saturated heterocycles. The average molecular weight is 314 g/mol. The molecule has 4 heteroatoms. The van der Waals surface area contributed by atoms with Crippen LogP contribution >= 0.6 is 0 Å². The van der Waals surface area contributed by atoms with E-state index in [1.807, 2.05) is 6.07 Å². The topological polar surface area (TPSA) is 41.6 Å². The molecule has 4 rings (SSSR count). The summed E-state index contributed by atoms with van der Waals surface area (Å²) in [5, 5.41) is 3.24. The number of ether oxygens (including phenoxy) is 1. The van der Waals surface area contributed by atoms with Gasteiger partial charge in [-0.3, -0.25) is 9.69 Å². The average Bonchev–Trinajstić information content (AvgIpc) is 3.32. The van der Waals surface area contributed by atoms with Crippen molar-refractivity contribution < 1.29 is 9.53 Å². The Morgan fingerprint density at radius 3 is 2.52 bits per heavy atom. The minimum atomic E-state index is -0.382. The van der Waals surface area contributed by atoms with Crippen LogP contribution in [0.4, 0.5) is 0 Å². The maximum Gasteiger partial charge on any atom is 0.251 e. The van der Waals surface area contributed by atoms with Crippen LogP contribution in [0.3, 0.4) is 0 Å². The van der Waals surface area contributed by atoms with Crippen molar-refractivity contribution in [3.8, 4) is 0 Å². The second-order valence-corrected chi connectivity index (χ2v) is 7.11. The van der Waals surface area contributed by atoms with Crippen LogP contribution in [0.2, 0.25) is 0 Å². The van der Waals surface area contributed by atoms with Gasteiger partial charge in [0.1, 0.15) is 0 Å². The molecule has 0 radical (unpaired) electrons. The zero-order valence-electron chi connectivity index (χ0n) is 13.6. The molecule has 3 aliphatic rings. The fourth-order valence-corrected chi connectivity index (χ4v) is 4.09. The predicted octanol–water partition coefficient (Wildman–Crippen LogP) is 2.65. The van der Waals surface area contributed by atoms with Gasteiger partial charge in [-0.15, -0.1) is 0 Å². The SMILES string of the molecule is O=C(NC1CCCC1)[C@@H]1OCCN(C2CC2)[C@H]1c1ccccc1. The Bertz CT molecular complexity index is 538. The first-order valence-corrected chi connectivity index (χ1v) is 9.05. The molecule has 1 aromatic rings. The van der Waals surface area contributed by atoms with Crippen LogP contribution in [0.1, 0.15) is 50.1 Å². The number of nitrogens with one attached hydrogen (secondary N) is 1. The fourth-order valence-electron chi connectivity index (χ4n) is 4.09. The Morgan fingerprint density at radius 1 is 1.09 bits per heavy atom. The minimum Gasteiger partial charge on any atom is -0.365 e. The Balaban J connectivity index is 1.56. The Morgan fingerprint density at radius 2 is 1.83 bits per heavy atom. The number of hydrogen-bond acceptors (Lipinski definition) is 3. The van der Waals surface area contributed by atoms with Crippen LogP contribution in [-0.4, -0.2) is 42.1 Å². The molecule has 0 aromatic heterocycles. The van der Waals surface area contributed by atoms with E-state index in [-0.39, 0.29) is 18.1 Å². The molecular formula is C19H26N2O2. The third-order valence-electron chi connectivity index (χ3n) is 5.41. The van der Waals surface area contributed by atoms with Gasteiger partial charge in [0.05, 0.1) is 12.6 Å². The molecule has 2 aliphatic carbocycles. The number of carbonyl (C=O) groups is 1. The van der Waals surface area contributed by atoms with Crippen molar-refractivity contribution in [2.45, 2.75) is 62.8 Å². The molecule has 1 N–H and O–H groups in total. The van der Waals surface area contributed by atoms with Crippen LogP contribution < -0.4 is 5.32 Å². The summed E-state index contributed by atoms with van der Waals surface area (Å²) in [6.07, 6.45) is 6.80. The van der Waals surface area contributed by atoms with Gasteiger partial charge < -0.3 is 10.1 Å². The lowest BCUT2D eigenvalue weighted by molar-refractivity contribution is -0.147. The number of amides is 1. The third kappa shape index (κ3) is 3.29. The summed E-state index contributed by atoms with van der Waals surface area (Å²) in [5.74, 6) is 0.0797. The van der Waals surface area contributed by atoms with Gasteiger partial charge in [-0.1, -0.05) is 43.2 Å². The van der Waals surface area contributed by atoms with Crippen molar-refractivity contribution in [3.63, 3.8) is 0 Å². The van der Waals surface area contributed by atoms with E-state index in [0.717, 1.165) is 19.4 Å². The van der Waals surface area contributed by atoms with Crippen LogP contribution in [-0.2, 0) is 9.53 Å². The van der Waals surface area contributed by atoms with Crippen LogP contribution in [0, 0.1) is 0 Å². The molecule has 0 unspecified atom stereocenters. The quantitative estimate of drug-likeness (QED) is 0.929. The summed E-state index contributed by atoms with van der Waals surface area (Å²) in [7, 11) is 0. The van der Waals surface area contributed by atoms with Crippen molar-refractivity contribution in [2.24, 2.45) is 0 Å². The number of morpholine rings is 1. The molecule has 3 fully saturated rings. The lowest BCUT2D eigenvalue weighted by Gasteiger charge is -2.41. The number of rotatable bonds is 4. The first-order chi connectivity index (χ1) is 11.3. The van der Waals surface area contributed by atoms with Gasteiger partial charge >= 0.3 is 0 Å². The number of nitrogens with zero attached hydrogens (tertiary/aromatic N) is 1. The molecule has 4 nitrogen and oxygen atoms in total. The smallest absolute Gasteiger partial charge is 0.251 e. The van der Waals surface area contributed by atoms with E-state index in [1.54, 1.807) is 0 Å². The van der Waals surface area contributed by atoms with E-state index in [0.29, 0.717) is 18.7 Å². The standard InChI is InChI=1S/C19H26N2O2/c22-19(20-15-8-4-5-9-15)18-17(14-6-2-1-3-7-14)21(12-13-23-18)16-10-11-16/h1-3,6-7,15-18H,4-5,8-13H2,(H,20,22)/t17-,18+/m0/s1.